The average Bonchev–Trinajstić information content (AvgIpc) is 2.29. The molecule has 2 N–H and O–H groups in total. The molecule has 0 radical (unpaired) electrons. The van der Waals surface area contributed by atoms with Crippen molar-refractivity contribution in [3.8, 4) is 11.5 Å². The second-order valence-corrected chi connectivity index (χ2v) is 7.75. The summed E-state index contributed by atoms with van der Waals surface area (Å²) in [6.07, 6.45) is 7.71. The minimum Gasteiger partial charge on any atom is -0.508 e. The molecule has 2 atom stereocenters. The molecule has 4 fully saturated rings. The second-order valence-electron chi connectivity index (χ2n) is 7.75. The van der Waals surface area contributed by atoms with E-state index in [9.17, 15) is 10.2 Å². The molecular weight excluding hydrogens is 236 g/mol. The highest BCUT2D eigenvalue weighted by Crippen LogP contribution is 2.66. The van der Waals surface area contributed by atoms with Crippen LogP contribution in [0, 0.1) is 17.3 Å². The third kappa shape index (κ3) is 1.62. The van der Waals surface area contributed by atoms with Gasteiger partial charge in [0.15, 0.2) is 0 Å². The van der Waals surface area contributed by atoms with Gasteiger partial charge >= 0.3 is 0 Å². The Labute approximate surface area is 114 Å². The van der Waals surface area contributed by atoms with Gasteiger partial charge in [-0.15, -0.1) is 0 Å². The van der Waals surface area contributed by atoms with Crippen LogP contribution in [0.2, 0.25) is 0 Å². The van der Waals surface area contributed by atoms with Gasteiger partial charge in [0.2, 0.25) is 0 Å². The molecule has 0 aromatic heterocycles. The lowest BCUT2D eigenvalue weighted by Gasteiger charge is -2.61. The molecule has 4 saturated carbocycles. The van der Waals surface area contributed by atoms with E-state index in [4.69, 9.17) is 0 Å². The predicted octanol–water partition coefficient (Wildman–Crippen LogP) is 3.96. The summed E-state index contributed by atoms with van der Waals surface area (Å²) < 4.78 is 0. The molecule has 102 valence electrons. The molecule has 2 unspecified atom stereocenters. The summed E-state index contributed by atoms with van der Waals surface area (Å²) in [5.41, 5.74) is 1.59. The number of benzene rings is 1. The van der Waals surface area contributed by atoms with Crippen molar-refractivity contribution in [2.24, 2.45) is 17.3 Å². The third-order valence-corrected chi connectivity index (χ3v) is 5.91. The fourth-order valence-electron chi connectivity index (χ4n) is 5.98. The zero-order valence-corrected chi connectivity index (χ0v) is 11.5. The van der Waals surface area contributed by atoms with Crippen LogP contribution in [-0.2, 0) is 5.41 Å². The molecule has 4 bridgehead atoms. The van der Waals surface area contributed by atoms with E-state index < -0.39 is 0 Å². The number of hydrogen-bond donors (Lipinski definition) is 2. The van der Waals surface area contributed by atoms with Crippen LogP contribution in [-0.4, -0.2) is 10.2 Å². The van der Waals surface area contributed by atoms with Gasteiger partial charge in [-0.2, -0.15) is 0 Å². The molecule has 0 amide bonds. The first-order chi connectivity index (χ1) is 8.98. The molecule has 2 nitrogen and oxygen atoms in total. The van der Waals surface area contributed by atoms with Crippen LogP contribution in [0.25, 0.3) is 0 Å². The van der Waals surface area contributed by atoms with Crippen LogP contribution in [0.1, 0.15) is 51.0 Å². The van der Waals surface area contributed by atoms with Gasteiger partial charge in [-0.3, -0.25) is 0 Å². The van der Waals surface area contributed by atoms with E-state index in [2.05, 4.69) is 6.92 Å². The highest BCUT2D eigenvalue weighted by molar-refractivity contribution is 5.45. The van der Waals surface area contributed by atoms with Gasteiger partial charge in [-0.25, -0.2) is 0 Å². The summed E-state index contributed by atoms with van der Waals surface area (Å²) >= 11 is 0. The summed E-state index contributed by atoms with van der Waals surface area (Å²) in [7, 11) is 0. The SMILES string of the molecule is CC12CC3CC(C1)CC(c1cc(O)ccc1O)(C3)C2. The monoisotopic (exact) mass is 258 g/mol. The smallest absolute Gasteiger partial charge is 0.119 e. The van der Waals surface area contributed by atoms with Crippen LogP contribution >= 0.6 is 0 Å². The fraction of sp³-hybridized carbons (Fsp3) is 0.647. The summed E-state index contributed by atoms with van der Waals surface area (Å²) in [6.45, 7) is 2.43. The summed E-state index contributed by atoms with van der Waals surface area (Å²) in [4.78, 5) is 0. The molecule has 4 aliphatic rings. The van der Waals surface area contributed by atoms with Gasteiger partial charge in [-0.05, 0) is 74.0 Å². The van der Waals surface area contributed by atoms with E-state index in [1.165, 1.54) is 38.5 Å². The lowest BCUT2D eigenvalue weighted by atomic mass is 9.43. The minimum absolute atomic E-state index is 0.127. The van der Waals surface area contributed by atoms with E-state index in [-0.39, 0.29) is 11.2 Å². The van der Waals surface area contributed by atoms with E-state index >= 15 is 0 Å². The zero-order valence-electron chi connectivity index (χ0n) is 11.5. The quantitative estimate of drug-likeness (QED) is 0.749. The van der Waals surface area contributed by atoms with Crippen molar-refractivity contribution in [3.63, 3.8) is 0 Å². The lowest BCUT2D eigenvalue weighted by molar-refractivity contribution is -0.0622. The Morgan fingerprint density at radius 3 is 2.37 bits per heavy atom. The molecule has 1 aromatic carbocycles. The van der Waals surface area contributed by atoms with Crippen molar-refractivity contribution in [1.82, 2.24) is 0 Å². The van der Waals surface area contributed by atoms with Crippen LogP contribution in [0.15, 0.2) is 18.2 Å². The number of phenolic OH excluding ortho intramolecular Hbond substituents is 2. The van der Waals surface area contributed by atoms with Gasteiger partial charge in [0, 0.05) is 11.0 Å². The summed E-state index contributed by atoms with van der Waals surface area (Å²) in [5.74, 6) is 2.32. The Hall–Kier alpha value is -1.18. The van der Waals surface area contributed by atoms with E-state index in [0.29, 0.717) is 11.2 Å². The first kappa shape index (κ1) is 11.6. The van der Waals surface area contributed by atoms with Crippen molar-refractivity contribution in [3.05, 3.63) is 23.8 Å². The van der Waals surface area contributed by atoms with Crippen molar-refractivity contribution < 1.29 is 10.2 Å². The Bertz CT molecular complexity index is 520. The lowest BCUT2D eigenvalue weighted by Crippen LogP contribution is -2.52. The maximum atomic E-state index is 10.3. The van der Waals surface area contributed by atoms with Crippen LogP contribution < -0.4 is 0 Å². The second kappa shape index (κ2) is 3.47. The highest BCUT2D eigenvalue weighted by atomic mass is 16.3. The number of phenols is 2. The van der Waals surface area contributed by atoms with Crippen molar-refractivity contribution >= 4 is 0 Å². The maximum Gasteiger partial charge on any atom is 0.119 e. The fourth-order valence-corrected chi connectivity index (χ4v) is 5.98. The molecule has 0 aliphatic heterocycles. The Morgan fingerprint density at radius 1 is 1.05 bits per heavy atom. The van der Waals surface area contributed by atoms with Crippen molar-refractivity contribution in [2.45, 2.75) is 50.9 Å². The summed E-state index contributed by atoms with van der Waals surface area (Å²) in [6, 6.07) is 5.05. The maximum absolute atomic E-state index is 10.3. The zero-order chi connectivity index (χ0) is 13.3. The normalized spacial score (nSPS) is 43.6. The standard InChI is InChI=1S/C17H22O2/c1-16-6-11-4-12(7-16)9-17(8-11,10-16)14-5-13(18)2-3-15(14)19/h2-3,5,11-12,18-19H,4,6-10H2,1H3. The number of rotatable bonds is 1. The molecule has 1 aromatic rings. The molecule has 0 saturated heterocycles. The van der Waals surface area contributed by atoms with Gasteiger partial charge in [0.1, 0.15) is 11.5 Å². The van der Waals surface area contributed by atoms with Gasteiger partial charge in [0.05, 0.1) is 0 Å². The largest absolute Gasteiger partial charge is 0.508 e. The van der Waals surface area contributed by atoms with Gasteiger partial charge in [-0.1, -0.05) is 6.92 Å². The summed E-state index contributed by atoms with van der Waals surface area (Å²) in [5, 5.41) is 20.1. The first-order valence-electron chi connectivity index (χ1n) is 7.51. The topological polar surface area (TPSA) is 40.5 Å². The molecule has 19 heavy (non-hydrogen) atoms. The van der Waals surface area contributed by atoms with Crippen LogP contribution in [0.5, 0.6) is 11.5 Å². The number of aromatic hydroxyl groups is 2. The van der Waals surface area contributed by atoms with Crippen molar-refractivity contribution in [2.75, 3.05) is 0 Å². The minimum atomic E-state index is 0.127. The molecular formula is C17H22O2. The molecule has 0 spiro atoms. The third-order valence-electron chi connectivity index (χ3n) is 5.91. The van der Waals surface area contributed by atoms with Gasteiger partial charge < -0.3 is 10.2 Å². The predicted molar refractivity (Wildman–Crippen MR) is 74.2 cm³/mol. The Morgan fingerprint density at radius 2 is 1.74 bits per heavy atom. The molecule has 0 heterocycles. The number of hydrogen-bond acceptors (Lipinski definition) is 2. The Kier molecular flexibility index (Phi) is 2.13. The molecule has 4 aliphatic carbocycles. The van der Waals surface area contributed by atoms with Crippen molar-refractivity contribution in [1.29, 1.82) is 0 Å². The van der Waals surface area contributed by atoms with Crippen LogP contribution in [0.3, 0.4) is 0 Å². The average molecular weight is 258 g/mol. The van der Waals surface area contributed by atoms with Crippen LogP contribution in [0.4, 0.5) is 0 Å². The first-order valence-corrected chi connectivity index (χ1v) is 7.51. The van der Waals surface area contributed by atoms with E-state index in [0.717, 1.165) is 17.4 Å². The van der Waals surface area contributed by atoms with E-state index in [1.807, 2.05) is 6.07 Å². The molecule has 5 rings (SSSR count). The Balaban J connectivity index is 1.83. The highest BCUT2D eigenvalue weighted by Gasteiger charge is 2.56. The van der Waals surface area contributed by atoms with E-state index in [1.54, 1.807) is 12.1 Å². The molecule has 2 heteroatoms. The van der Waals surface area contributed by atoms with Gasteiger partial charge in [0.25, 0.3) is 0 Å².